The van der Waals surface area contributed by atoms with Crippen LogP contribution in [-0.4, -0.2) is 28.2 Å². The Balaban J connectivity index is 1.75. The van der Waals surface area contributed by atoms with Crippen molar-refractivity contribution in [1.82, 2.24) is 4.90 Å². The second-order valence-corrected chi connectivity index (χ2v) is 8.18. The van der Waals surface area contributed by atoms with Crippen molar-refractivity contribution < 1.29 is 5.11 Å². The summed E-state index contributed by atoms with van der Waals surface area (Å²) in [6.45, 7) is 8.21. The molecular weight excluding hydrogens is 294 g/mol. The van der Waals surface area contributed by atoms with E-state index in [1.807, 2.05) is 13.8 Å². The Morgan fingerprint density at radius 1 is 1.08 bits per heavy atom. The molecule has 1 fully saturated rings. The highest BCUT2D eigenvalue weighted by atomic mass is 16.3. The average Bonchev–Trinajstić information content (AvgIpc) is 2.53. The van der Waals surface area contributed by atoms with E-state index in [9.17, 15) is 5.11 Å². The SMILES string of the molecule is C/C1=C\C=C/c2cccc(c2)CN([C@H]2CC[C@H](C(C)(C)O)CC2)C1. The number of aliphatic hydroxyl groups is 1. The average molecular weight is 325 g/mol. The van der Waals surface area contributed by atoms with E-state index in [1.54, 1.807) is 0 Å². The van der Waals surface area contributed by atoms with Gasteiger partial charge in [0.05, 0.1) is 5.60 Å². The predicted octanol–water partition coefficient (Wildman–Crippen LogP) is 4.79. The molecule has 1 saturated carbocycles. The summed E-state index contributed by atoms with van der Waals surface area (Å²) in [5.74, 6) is 0.442. The first kappa shape index (κ1) is 17.4. The Kier molecular flexibility index (Phi) is 5.27. The minimum atomic E-state index is -0.536. The summed E-state index contributed by atoms with van der Waals surface area (Å²) in [6, 6.07) is 9.51. The normalized spacial score (nSPS) is 29.6. The van der Waals surface area contributed by atoms with Crippen LogP contribution in [0.2, 0.25) is 0 Å². The summed E-state index contributed by atoms with van der Waals surface area (Å²) in [4.78, 5) is 2.64. The lowest BCUT2D eigenvalue weighted by Crippen LogP contribution is -2.42. The van der Waals surface area contributed by atoms with Crippen LogP contribution in [0.25, 0.3) is 6.08 Å². The minimum absolute atomic E-state index is 0.442. The van der Waals surface area contributed by atoms with Gasteiger partial charge in [-0.1, -0.05) is 48.1 Å². The summed E-state index contributed by atoms with van der Waals surface area (Å²) >= 11 is 0. The Labute approximate surface area is 146 Å². The first-order valence-corrected chi connectivity index (χ1v) is 9.31. The topological polar surface area (TPSA) is 23.5 Å². The molecule has 1 heterocycles. The Hall–Kier alpha value is -1.38. The predicted molar refractivity (Wildman–Crippen MR) is 102 cm³/mol. The molecule has 1 aliphatic heterocycles. The molecule has 0 spiro atoms. The Morgan fingerprint density at radius 3 is 2.54 bits per heavy atom. The maximum absolute atomic E-state index is 10.3. The van der Waals surface area contributed by atoms with Gasteiger partial charge in [0.2, 0.25) is 0 Å². The quantitative estimate of drug-likeness (QED) is 0.845. The van der Waals surface area contributed by atoms with E-state index < -0.39 is 5.60 Å². The first-order chi connectivity index (χ1) is 11.4. The molecule has 0 atom stereocenters. The van der Waals surface area contributed by atoms with Gasteiger partial charge in [-0.15, -0.1) is 0 Å². The third kappa shape index (κ3) is 4.37. The number of hydrogen-bond acceptors (Lipinski definition) is 2. The molecule has 1 aliphatic carbocycles. The van der Waals surface area contributed by atoms with Gasteiger partial charge < -0.3 is 5.11 Å². The summed E-state index contributed by atoms with van der Waals surface area (Å²) in [7, 11) is 0. The highest BCUT2D eigenvalue weighted by molar-refractivity contribution is 5.52. The molecule has 130 valence electrons. The highest BCUT2D eigenvalue weighted by Gasteiger charge is 2.33. The highest BCUT2D eigenvalue weighted by Crippen LogP contribution is 2.35. The molecule has 2 heteroatoms. The second-order valence-electron chi connectivity index (χ2n) is 8.18. The third-order valence-corrected chi connectivity index (χ3v) is 5.67. The lowest BCUT2D eigenvalue weighted by Gasteiger charge is -2.40. The number of nitrogens with zero attached hydrogens (tertiary/aromatic N) is 1. The number of rotatable bonds is 2. The summed E-state index contributed by atoms with van der Waals surface area (Å²) in [5, 5.41) is 10.3. The van der Waals surface area contributed by atoms with Crippen molar-refractivity contribution in [3.05, 3.63) is 53.1 Å². The molecule has 24 heavy (non-hydrogen) atoms. The molecule has 2 aliphatic rings. The Bertz CT molecular complexity index is 615. The number of benzene rings is 1. The summed E-state index contributed by atoms with van der Waals surface area (Å²) < 4.78 is 0. The van der Waals surface area contributed by atoms with Gasteiger partial charge in [-0.05, 0) is 63.5 Å². The van der Waals surface area contributed by atoms with Crippen molar-refractivity contribution in [2.45, 2.75) is 64.6 Å². The summed E-state index contributed by atoms with van der Waals surface area (Å²) in [5.41, 5.74) is 3.56. The van der Waals surface area contributed by atoms with Gasteiger partial charge in [-0.2, -0.15) is 0 Å². The number of allylic oxidation sites excluding steroid dienone is 2. The smallest absolute Gasteiger partial charge is 0.0619 e. The zero-order valence-corrected chi connectivity index (χ0v) is 15.3. The van der Waals surface area contributed by atoms with Gasteiger partial charge in [0.15, 0.2) is 0 Å². The summed E-state index contributed by atoms with van der Waals surface area (Å²) in [6.07, 6.45) is 11.3. The maximum atomic E-state index is 10.3. The van der Waals surface area contributed by atoms with Gasteiger partial charge in [0.1, 0.15) is 0 Å². The molecule has 0 radical (unpaired) electrons. The zero-order chi connectivity index (χ0) is 17.2. The maximum Gasteiger partial charge on any atom is 0.0619 e. The first-order valence-electron chi connectivity index (χ1n) is 9.31. The van der Waals surface area contributed by atoms with Crippen LogP contribution in [0, 0.1) is 5.92 Å². The molecule has 2 nitrogen and oxygen atoms in total. The van der Waals surface area contributed by atoms with Crippen LogP contribution in [0.1, 0.15) is 57.6 Å². The van der Waals surface area contributed by atoms with Crippen LogP contribution in [0.5, 0.6) is 0 Å². The van der Waals surface area contributed by atoms with Crippen molar-refractivity contribution in [3.63, 3.8) is 0 Å². The molecule has 2 bridgehead atoms. The second kappa shape index (κ2) is 7.25. The molecule has 0 saturated heterocycles. The lowest BCUT2D eigenvalue weighted by molar-refractivity contribution is -0.0123. The van der Waals surface area contributed by atoms with E-state index in [2.05, 4.69) is 54.3 Å². The van der Waals surface area contributed by atoms with Crippen molar-refractivity contribution in [1.29, 1.82) is 0 Å². The van der Waals surface area contributed by atoms with Crippen LogP contribution in [0.15, 0.2) is 42.0 Å². The van der Waals surface area contributed by atoms with E-state index in [0.717, 1.165) is 25.9 Å². The molecule has 3 rings (SSSR count). The van der Waals surface area contributed by atoms with E-state index >= 15 is 0 Å². The minimum Gasteiger partial charge on any atom is -0.390 e. The van der Waals surface area contributed by atoms with Crippen molar-refractivity contribution in [2.24, 2.45) is 5.92 Å². The largest absolute Gasteiger partial charge is 0.390 e. The monoisotopic (exact) mass is 325 g/mol. The van der Waals surface area contributed by atoms with Crippen molar-refractivity contribution in [3.8, 4) is 0 Å². The van der Waals surface area contributed by atoms with Gasteiger partial charge in [0.25, 0.3) is 0 Å². The van der Waals surface area contributed by atoms with Crippen molar-refractivity contribution in [2.75, 3.05) is 6.54 Å². The third-order valence-electron chi connectivity index (χ3n) is 5.67. The van der Waals surface area contributed by atoms with Crippen molar-refractivity contribution >= 4 is 6.08 Å². The molecule has 0 unspecified atom stereocenters. The number of hydrogen-bond donors (Lipinski definition) is 1. The van der Waals surface area contributed by atoms with Crippen LogP contribution < -0.4 is 0 Å². The molecule has 0 amide bonds. The van der Waals surface area contributed by atoms with E-state index in [4.69, 9.17) is 0 Å². The van der Waals surface area contributed by atoms with Gasteiger partial charge in [0, 0.05) is 19.1 Å². The van der Waals surface area contributed by atoms with Gasteiger partial charge >= 0.3 is 0 Å². The molecule has 1 N–H and O–H groups in total. The van der Waals surface area contributed by atoms with E-state index in [0.29, 0.717) is 12.0 Å². The fraction of sp³-hybridized carbons (Fsp3) is 0.545. The molecular formula is C22H31NO. The van der Waals surface area contributed by atoms with Gasteiger partial charge in [-0.3, -0.25) is 4.90 Å². The van der Waals surface area contributed by atoms with Crippen LogP contribution in [0.4, 0.5) is 0 Å². The fourth-order valence-corrected chi connectivity index (χ4v) is 4.19. The molecule has 0 aromatic heterocycles. The van der Waals surface area contributed by atoms with Crippen LogP contribution in [-0.2, 0) is 6.54 Å². The van der Waals surface area contributed by atoms with Gasteiger partial charge in [-0.25, -0.2) is 0 Å². The number of fused-ring (bicyclic) bond motifs is 2. The van der Waals surface area contributed by atoms with E-state index in [-0.39, 0.29) is 0 Å². The Morgan fingerprint density at radius 2 is 1.83 bits per heavy atom. The molecule has 1 aromatic rings. The van der Waals surface area contributed by atoms with Crippen LogP contribution in [0.3, 0.4) is 0 Å². The zero-order valence-electron chi connectivity index (χ0n) is 15.3. The fourth-order valence-electron chi connectivity index (χ4n) is 4.19. The van der Waals surface area contributed by atoms with E-state index in [1.165, 1.54) is 29.5 Å². The standard InChI is InChI=1S/C22H31NO/c1-17-6-4-7-18-8-5-9-19(14-18)16-23(15-17)21-12-10-20(11-13-21)22(2,3)24/h4-9,14,20-21,24H,10-13,15-16H2,1-3H3/b7-4-,17-6+/t20-,21-. The molecule has 1 aromatic carbocycles. The van der Waals surface area contributed by atoms with Crippen LogP contribution >= 0.6 is 0 Å². The lowest BCUT2D eigenvalue weighted by atomic mass is 9.76.